The minimum Gasteiger partial charge on any atom is -0.309 e. The standard InChI is InChI=1S/C14H17FN2O/c1-4-17(13-8-6-5-7-12(13)15)14(18)11(9-16)10(2)3/h5-8,10-11H,4H2,1-3H3. The average Bonchev–Trinajstić information content (AvgIpc) is 2.33. The number of carbonyl (C=O) groups excluding carboxylic acids is 1. The second kappa shape index (κ2) is 6.15. The topological polar surface area (TPSA) is 44.1 Å². The molecule has 0 radical (unpaired) electrons. The van der Waals surface area contributed by atoms with Crippen molar-refractivity contribution in [3.8, 4) is 6.07 Å². The number of rotatable bonds is 4. The number of halogens is 1. The molecule has 1 aromatic carbocycles. The quantitative estimate of drug-likeness (QED) is 0.822. The lowest BCUT2D eigenvalue weighted by Gasteiger charge is -2.25. The minimum absolute atomic E-state index is 0.0941. The molecule has 0 saturated carbocycles. The van der Waals surface area contributed by atoms with Gasteiger partial charge in [0.1, 0.15) is 11.7 Å². The number of nitrogens with zero attached hydrogens (tertiary/aromatic N) is 2. The molecule has 0 aliphatic heterocycles. The van der Waals surface area contributed by atoms with E-state index >= 15 is 0 Å². The third-order valence-corrected chi connectivity index (χ3v) is 2.80. The highest BCUT2D eigenvalue weighted by molar-refractivity contribution is 5.96. The lowest BCUT2D eigenvalue weighted by atomic mass is 9.95. The summed E-state index contributed by atoms with van der Waals surface area (Å²) in [6, 6.07) is 8.09. The summed E-state index contributed by atoms with van der Waals surface area (Å²) in [5, 5.41) is 9.04. The summed E-state index contributed by atoms with van der Waals surface area (Å²) in [6.07, 6.45) is 0. The third-order valence-electron chi connectivity index (χ3n) is 2.80. The number of nitriles is 1. The van der Waals surface area contributed by atoms with Crippen LogP contribution in [0.1, 0.15) is 20.8 Å². The summed E-state index contributed by atoms with van der Waals surface area (Å²) in [7, 11) is 0. The molecule has 1 aromatic rings. The number of hydrogen-bond donors (Lipinski definition) is 0. The maximum Gasteiger partial charge on any atom is 0.244 e. The zero-order chi connectivity index (χ0) is 13.7. The Morgan fingerprint density at radius 1 is 1.44 bits per heavy atom. The first kappa shape index (κ1) is 14.2. The highest BCUT2D eigenvalue weighted by Crippen LogP contribution is 2.22. The summed E-state index contributed by atoms with van der Waals surface area (Å²) in [5.41, 5.74) is 0.228. The number of amides is 1. The van der Waals surface area contributed by atoms with E-state index in [4.69, 9.17) is 5.26 Å². The van der Waals surface area contributed by atoms with E-state index < -0.39 is 11.7 Å². The van der Waals surface area contributed by atoms with Gasteiger partial charge in [-0.3, -0.25) is 4.79 Å². The van der Waals surface area contributed by atoms with E-state index in [0.717, 1.165) is 0 Å². The predicted molar refractivity (Wildman–Crippen MR) is 68.4 cm³/mol. The van der Waals surface area contributed by atoms with Crippen LogP contribution >= 0.6 is 0 Å². The molecule has 1 unspecified atom stereocenters. The van der Waals surface area contributed by atoms with E-state index in [1.165, 1.54) is 11.0 Å². The van der Waals surface area contributed by atoms with Crippen LogP contribution in [0.15, 0.2) is 24.3 Å². The largest absolute Gasteiger partial charge is 0.309 e. The van der Waals surface area contributed by atoms with Gasteiger partial charge < -0.3 is 4.90 Å². The van der Waals surface area contributed by atoms with Crippen molar-refractivity contribution in [1.82, 2.24) is 0 Å². The molecular formula is C14H17FN2O. The van der Waals surface area contributed by atoms with Gasteiger partial charge >= 0.3 is 0 Å². The van der Waals surface area contributed by atoms with Gasteiger partial charge in [0.25, 0.3) is 0 Å². The van der Waals surface area contributed by atoms with Crippen molar-refractivity contribution < 1.29 is 9.18 Å². The lowest BCUT2D eigenvalue weighted by Crippen LogP contribution is -2.38. The fourth-order valence-corrected chi connectivity index (χ4v) is 1.77. The van der Waals surface area contributed by atoms with Gasteiger partial charge in [-0.15, -0.1) is 0 Å². The zero-order valence-corrected chi connectivity index (χ0v) is 10.9. The summed E-state index contributed by atoms with van der Waals surface area (Å²) < 4.78 is 13.7. The Morgan fingerprint density at radius 3 is 2.50 bits per heavy atom. The monoisotopic (exact) mass is 248 g/mol. The molecule has 1 atom stereocenters. The van der Waals surface area contributed by atoms with E-state index in [-0.39, 0.29) is 17.5 Å². The minimum atomic E-state index is -0.746. The van der Waals surface area contributed by atoms with Gasteiger partial charge in [-0.25, -0.2) is 4.39 Å². The average molecular weight is 248 g/mol. The number of benzene rings is 1. The molecule has 0 heterocycles. The molecule has 0 aromatic heterocycles. The van der Waals surface area contributed by atoms with Crippen LogP contribution in [0.25, 0.3) is 0 Å². The molecule has 0 spiro atoms. The molecule has 18 heavy (non-hydrogen) atoms. The lowest BCUT2D eigenvalue weighted by molar-refractivity contribution is -0.121. The van der Waals surface area contributed by atoms with Crippen LogP contribution < -0.4 is 4.90 Å². The normalized spacial score (nSPS) is 12.0. The van der Waals surface area contributed by atoms with Gasteiger partial charge in [-0.1, -0.05) is 26.0 Å². The van der Waals surface area contributed by atoms with E-state index in [1.54, 1.807) is 39.0 Å². The smallest absolute Gasteiger partial charge is 0.244 e. The van der Waals surface area contributed by atoms with Crippen LogP contribution in [-0.2, 0) is 4.79 Å². The second-order valence-electron chi connectivity index (χ2n) is 4.38. The molecule has 1 amide bonds. The Hall–Kier alpha value is -1.89. The Bertz CT molecular complexity index is 465. The predicted octanol–water partition coefficient (Wildman–Crippen LogP) is 2.97. The number of carbonyl (C=O) groups is 1. The summed E-state index contributed by atoms with van der Waals surface area (Å²) >= 11 is 0. The van der Waals surface area contributed by atoms with Gasteiger partial charge in [0, 0.05) is 6.54 Å². The third kappa shape index (κ3) is 2.86. The van der Waals surface area contributed by atoms with Gasteiger partial charge in [0.05, 0.1) is 11.8 Å². The summed E-state index contributed by atoms with van der Waals surface area (Å²) in [5.74, 6) is -1.64. The molecule has 4 heteroatoms. The SMILES string of the molecule is CCN(C(=O)C(C#N)C(C)C)c1ccccc1F. The highest BCUT2D eigenvalue weighted by atomic mass is 19.1. The first-order valence-electron chi connectivity index (χ1n) is 5.98. The van der Waals surface area contributed by atoms with Crippen molar-refractivity contribution in [2.24, 2.45) is 11.8 Å². The van der Waals surface area contributed by atoms with Gasteiger partial charge in [-0.2, -0.15) is 5.26 Å². The van der Waals surface area contributed by atoms with Crippen molar-refractivity contribution >= 4 is 11.6 Å². The Balaban J connectivity index is 3.09. The van der Waals surface area contributed by atoms with E-state index in [0.29, 0.717) is 6.54 Å². The van der Waals surface area contributed by atoms with Crippen molar-refractivity contribution in [2.45, 2.75) is 20.8 Å². The molecule has 0 aliphatic carbocycles. The molecule has 96 valence electrons. The number of anilines is 1. The van der Waals surface area contributed by atoms with E-state index in [2.05, 4.69) is 0 Å². The molecule has 0 bridgehead atoms. The second-order valence-corrected chi connectivity index (χ2v) is 4.38. The molecule has 0 N–H and O–H groups in total. The number of hydrogen-bond acceptors (Lipinski definition) is 2. The summed E-state index contributed by atoms with van der Waals surface area (Å²) in [6.45, 7) is 5.71. The van der Waals surface area contributed by atoms with Crippen LogP contribution in [0.2, 0.25) is 0 Å². The first-order chi connectivity index (χ1) is 8.52. The van der Waals surface area contributed by atoms with Crippen molar-refractivity contribution in [2.75, 3.05) is 11.4 Å². The molecule has 1 rings (SSSR count). The molecule has 0 fully saturated rings. The van der Waals surface area contributed by atoms with Gasteiger partial charge in [0.15, 0.2) is 0 Å². The van der Waals surface area contributed by atoms with Crippen LogP contribution in [0.4, 0.5) is 10.1 Å². The van der Waals surface area contributed by atoms with Gasteiger partial charge in [0.2, 0.25) is 5.91 Å². The maximum absolute atomic E-state index is 13.7. The number of para-hydroxylation sites is 1. The summed E-state index contributed by atoms with van der Waals surface area (Å²) in [4.78, 5) is 13.6. The zero-order valence-electron chi connectivity index (χ0n) is 10.9. The van der Waals surface area contributed by atoms with Crippen LogP contribution in [0.5, 0.6) is 0 Å². The van der Waals surface area contributed by atoms with E-state index in [1.807, 2.05) is 6.07 Å². The van der Waals surface area contributed by atoms with Crippen molar-refractivity contribution in [3.63, 3.8) is 0 Å². The Labute approximate surface area is 107 Å². The van der Waals surface area contributed by atoms with Gasteiger partial charge in [-0.05, 0) is 25.0 Å². The Morgan fingerprint density at radius 2 is 2.06 bits per heavy atom. The fourth-order valence-electron chi connectivity index (χ4n) is 1.77. The van der Waals surface area contributed by atoms with Crippen molar-refractivity contribution in [1.29, 1.82) is 5.26 Å². The fraction of sp³-hybridized carbons (Fsp3) is 0.429. The van der Waals surface area contributed by atoms with E-state index in [9.17, 15) is 9.18 Å². The van der Waals surface area contributed by atoms with Crippen molar-refractivity contribution in [3.05, 3.63) is 30.1 Å². The van der Waals surface area contributed by atoms with Crippen LogP contribution in [-0.4, -0.2) is 12.5 Å². The first-order valence-corrected chi connectivity index (χ1v) is 5.98. The molecule has 0 saturated heterocycles. The molecule has 0 aliphatic rings. The molecular weight excluding hydrogens is 231 g/mol. The van der Waals surface area contributed by atoms with Crippen LogP contribution in [0.3, 0.4) is 0 Å². The highest BCUT2D eigenvalue weighted by Gasteiger charge is 2.28. The maximum atomic E-state index is 13.7. The van der Waals surface area contributed by atoms with Crippen LogP contribution in [0, 0.1) is 29.0 Å². The molecule has 3 nitrogen and oxygen atoms in total. The Kier molecular flexibility index (Phi) is 4.85.